The Morgan fingerprint density at radius 1 is 0.875 bits per heavy atom. The highest BCUT2D eigenvalue weighted by atomic mass is 32.2. The second kappa shape index (κ2) is 9.96. The number of rotatable bonds is 4. The molecule has 204 valence electrons. The predicted octanol–water partition coefficient (Wildman–Crippen LogP) is 6.09. The molecule has 1 aromatic carbocycles. The number of halogens is 6. The Kier molecular flexibility index (Phi) is 6.76. The quantitative estimate of drug-likeness (QED) is 0.201. The van der Waals surface area contributed by atoms with Gasteiger partial charge in [0.15, 0.2) is 11.3 Å². The number of aromatic nitrogens is 4. The third kappa shape index (κ3) is 5.63. The number of fused-ring (bicyclic) bond motifs is 1. The van der Waals surface area contributed by atoms with E-state index in [0.717, 1.165) is 41.8 Å². The molecule has 4 aromatic heterocycles. The van der Waals surface area contributed by atoms with Gasteiger partial charge in [0, 0.05) is 18.0 Å². The van der Waals surface area contributed by atoms with Crippen LogP contribution in [0.2, 0.25) is 0 Å². The number of nitrogens with zero attached hydrogens (tertiary/aromatic N) is 4. The fraction of sp³-hybridized carbons (Fsp3) is 0.0800. The second-order valence-electron chi connectivity index (χ2n) is 8.10. The fourth-order valence-electron chi connectivity index (χ4n) is 3.52. The highest BCUT2D eigenvalue weighted by Crippen LogP contribution is 2.34. The van der Waals surface area contributed by atoms with Crippen LogP contribution in [0.4, 0.5) is 32.0 Å². The van der Waals surface area contributed by atoms with Gasteiger partial charge in [-0.2, -0.15) is 31.4 Å². The van der Waals surface area contributed by atoms with Crippen molar-refractivity contribution in [2.24, 2.45) is 0 Å². The number of anilines is 1. The Hall–Kier alpha value is -4.42. The molecule has 0 radical (unpaired) electrons. The minimum absolute atomic E-state index is 0.00743. The standard InChI is InChI=1S/C25H13F6N5O2S2/c26-24(27,28)17-4-1-15(2-5-17)20-13-21(25(29,30)31)36-23(34-20)16(14-33-36)3-6-19-7-8-22(39-19)40(37,38)35-18-9-11-32-12-10-18/h1-2,4-5,7-14H,(H,32,35). The van der Waals surface area contributed by atoms with Crippen LogP contribution in [-0.2, 0) is 22.4 Å². The van der Waals surface area contributed by atoms with Gasteiger partial charge in [-0.05, 0) is 42.5 Å². The number of alkyl halides is 6. The van der Waals surface area contributed by atoms with Gasteiger partial charge in [0.05, 0.1) is 33.6 Å². The fourth-order valence-corrected chi connectivity index (χ4v) is 5.74. The lowest BCUT2D eigenvalue weighted by molar-refractivity contribution is -0.142. The number of hydrogen-bond donors (Lipinski definition) is 1. The monoisotopic (exact) mass is 593 g/mol. The van der Waals surface area contributed by atoms with Crippen molar-refractivity contribution in [3.05, 3.63) is 94.9 Å². The normalized spacial score (nSPS) is 12.2. The molecular formula is C25H13F6N5O2S2. The van der Waals surface area contributed by atoms with Crippen molar-refractivity contribution < 1.29 is 34.8 Å². The molecule has 0 saturated carbocycles. The van der Waals surface area contributed by atoms with Gasteiger partial charge < -0.3 is 0 Å². The molecule has 0 aliphatic carbocycles. The van der Waals surface area contributed by atoms with Crippen molar-refractivity contribution in [1.82, 2.24) is 19.6 Å². The maximum Gasteiger partial charge on any atom is 0.433 e. The van der Waals surface area contributed by atoms with Gasteiger partial charge in [0.2, 0.25) is 0 Å². The molecule has 0 atom stereocenters. The molecule has 40 heavy (non-hydrogen) atoms. The topological polar surface area (TPSA) is 89.2 Å². The Morgan fingerprint density at radius 3 is 2.23 bits per heavy atom. The zero-order valence-corrected chi connectivity index (χ0v) is 21.3. The van der Waals surface area contributed by atoms with Gasteiger partial charge in [0.25, 0.3) is 10.0 Å². The van der Waals surface area contributed by atoms with E-state index in [4.69, 9.17) is 0 Å². The highest BCUT2D eigenvalue weighted by molar-refractivity contribution is 7.94. The summed E-state index contributed by atoms with van der Waals surface area (Å²) < 4.78 is 108. The summed E-state index contributed by atoms with van der Waals surface area (Å²) in [6.45, 7) is 0. The first-order valence-electron chi connectivity index (χ1n) is 11.0. The molecule has 0 saturated heterocycles. The van der Waals surface area contributed by atoms with Crippen molar-refractivity contribution in [1.29, 1.82) is 0 Å². The van der Waals surface area contributed by atoms with E-state index in [-0.39, 0.29) is 26.7 Å². The van der Waals surface area contributed by atoms with Gasteiger partial charge in [-0.25, -0.2) is 17.9 Å². The zero-order valence-electron chi connectivity index (χ0n) is 19.6. The number of benzene rings is 1. The van der Waals surface area contributed by atoms with Crippen LogP contribution >= 0.6 is 11.3 Å². The van der Waals surface area contributed by atoms with Gasteiger partial charge >= 0.3 is 12.4 Å². The summed E-state index contributed by atoms with van der Waals surface area (Å²) in [6, 6.07) is 9.94. The summed E-state index contributed by atoms with van der Waals surface area (Å²) >= 11 is 0.838. The Balaban J connectivity index is 1.51. The van der Waals surface area contributed by atoms with E-state index in [1.165, 1.54) is 36.7 Å². The van der Waals surface area contributed by atoms with Crippen molar-refractivity contribution in [2.75, 3.05) is 4.72 Å². The van der Waals surface area contributed by atoms with Crippen LogP contribution in [0.5, 0.6) is 0 Å². The highest BCUT2D eigenvalue weighted by Gasteiger charge is 2.36. The van der Waals surface area contributed by atoms with Crippen LogP contribution in [0.15, 0.2) is 77.4 Å². The maximum absolute atomic E-state index is 13.8. The molecule has 0 unspecified atom stereocenters. The van der Waals surface area contributed by atoms with Gasteiger partial charge in [-0.1, -0.05) is 24.0 Å². The Morgan fingerprint density at radius 2 is 1.57 bits per heavy atom. The molecule has 0 aliphatic rings. The summed E-state index contributed by atoms with van der Waals surface area (Å²) in [5.41, 5.74) is -2.35. The maximum atomic E-state index is 13.8. The van der Waals surface area contributed by atoms with Crippen LogP contribution in [0.3, 0.4) is 0 Å². The molecule has 0 aliphatic heterocycles. The van der Waals surface area contributed by atoms with Crippen LogP contribution in [0.1, 0.15) is 21.7 Å². The number of sulfonamides is 1. The van der Waals surface area contributed by atoms with Gasteiger partial charge in [0.1, 0.15) is 4.21 Å². The van der Waals surface area contributed by atoms with Crippen LogP contribution < -0.4 is 4.72 Å². The van der Waals surface area contributed by atoms with Crippen LogP contribution in [-0.4, -0.2) is 28.0 Å². The van der Waals surface area contributed by atoms with Gasteiger partial charge in [-0.3, -0.25) is 9.71 Å². The molecule has 0 amide bonds. The van der Waals surface area contributed by atoms with Crippen molar-refractivity contribution in [3.8, 4) is 23.1 Å². The Labute approximate surface area is 226 Å². The largest absolute Gasteiger partial charge is 0.433 e. The molecule has 4 heterocycles. The molecule has 0 fully saturated rings. The molecule has 15 heteroatoms. The number of pyridine rings is 1. The van der Waals surface area contributed by atoms with E-state index in [9.17, 15) is 34.8 Å². The average molecular weight is 594 g/mol. The van der Waals surface area contributed by atoms with E-state index >= 15 is 0 Å². The van der Waals surface area contributed by atoms with Crippen molar-refractivity contribution >= 4 is 32.7 Å². The summed E-state index contributed by atoms with van der Waals surface area (Å²) in [5.74, 6) is 5.36. The molecule has 5 rings (SSSR count). The van der Waals surface area contributed by atoms with E-state index < -0.39 is 33.6 Å². The second-order valence-corrected chi connectivity index (χ2v) is 11.1. The minimum Gasteiger partial charge on any atom is -0.279 e. The molecule has 1 N–H and O–H groups in total. The van der Waals surface area contributed by atoms with Gasteiger partial charge in [-0.15, -0.1) is 11.3 Å². The van der Waals surface area contributed by atoms with Crippen LogP contribution in [0, 0.1) is 11.8 Å². The van der Waals surface area contributed by atoms with E-state index in [0.29, 0.717) is 21.1 Å². The predicted molar refractivity (Wildman–Crippen MR) is 134 cm³/mol. The summed E-state index contributed by atoms with van der Waals surface area (Å²) in [4.78, 5) is 8.29. The molecule has 5 aromatic rings. The number of nitrogens with one attached hydrogen (secondary N) is 1. The molecule has 0 bridgehead atoms. The van der Waals surface area contributed by atoms with E-state index in [2.05, 4.69) is 31.6 Å². The Bertz CT molecular complexity index is 1870. The van der Waals surface area contributed by atoms with E-state index in [1.54, 1.807) is 0 Å². The molecule has 7 nitrogen and oxygen atoms in total. The lowest BCUT2D eigenvalue weighted by atomic mass is 10.1. The molecule has 0 spiro atoms. The first kappa shape index (κ1) is 27.2. The van der Waals surface area contributed by atoms with Crippen molar-refractivity contribution in [2.45, 2.75) is 16.6 Å². The first-order valence-corrected chi connectivity index (χ1v) is 13.3. The third-order valence-corrected chi connectivity index (χ3v) is 8.24. The lowest BCUT2D eigenvalue weighted by Crippen LogP contribution is -2.13. The summed E-state index contributed by atoms with van der Waals surface area (Å²) in [7, 11) is -3.92. The summed E-state index contributed by atoms with van der Waals surface area (Å²) in [6.07, 6.45) is -5.58. The first-order chi connectivity index (χ1) is 18.8. The minimum atomic E-state index is -4.86. The smallest absolute Gasteiger partial charge is 0.279 e. The average Bonchev–Trinajstić information content (AvgIpc) is 3.54. The zero-order chi connectivity index (χ0) is 28.7. The lowest BCUT2D eigenvalue weighted by Gasteiger charge is -2.12. The van der Waals surface area contributed by atoms with Crippen molar-refractivity contribution in [3.63, 3.8) is 0 Å². The number of hydrogen-bond acceptors (Lipinski definition) is 6. The molecular weight excluding hydrogens is 580 g/mol. The SMILES string of the molecule is O=S(=O)(Nc1ccncc1)c1ccc(C#Cc2cnn3c(C(F)(F)F)cc(-c4ccc(C(F)(F)F)cc4)nc23)s1. The van der Waals surface area contributed by atoms with E-state index in [1.807, 2.05) is 0 Å². The third-order valence-electron chi connectivity index (χ3n) is 5.37. The summed E-state index contributed by atoms with van der Waals surface area (Å²) in [5, 5.41) is 3.75. The number of thiophene rings is 1. The van der Waals surface area contributed by atoms with Crippen LogP contribution in [0.25, 0.3) is 16.9 Å².